The summed E-state index contributed by atoms with van der Waals surface area (Å²) in [6.07, 6.45) is 2.85. The lowest BCUT2D eigenvalue weighted by atomic mass is 10.3. The predicted octanol–water partition coefficient (Wildman–Crippen LogP) is 1.67. The van der Waals surface area contributed by atoms with Crippen molar-refractivity contribution in [2.45, 2.75) is 12.2 Å². The van der Waals surface area contributed by atoms with Crippen LogP contribution in [-0.4, -0.2) is 24.4 Å². The van der Waals surface area contributed by atoms with Gasteiger partial charge in [0.25, 0.3) is 0 Å². The maximum Gasteiger partial charge on any atom is 0.141 e. The number of methoxy groups -OCH3 is 1. The second-order valence-electron chi connectivity index (χ2n) is 2.85. The molecule has 0 aliphatic rings. The number of nitrogens with two attached hydrogens (primary N) is 1. The van der Waals surface area contributed by atoms with Crippen LogP contribution in [0.3, 0.4) is 0 Å². The average Bonchev–Trinajstić information content (AvgIpc) is 2.25. The summed E-state index contributed by atoms with van der Waals surface area (Å²) in [5.74, 6) is 2.84. The van der Waals surface area contributed by atoms with Gasteiger partial charge in [-0.25, -0.2) is 0 Å². The Balaban J connectivity index is 2.41. The number of ether oxygens (including phenoxy) is 1. The first kappa shape index (κ1) is 11.3. The lowest BCUT2D eigenvalue weighted by molar-refractivity contribution is 0.409. The molecule has 1 heterocycles. The standard InChI is InChI=1S/C10H16N2OS/c1-13-10-4-2-6-12-9(10)8-14-7-3-5-11/h2,4,6H,3,5,7-8,11H2,1H3. The molecule has 1 aromatic rings. The van der Waals surface area contributed by atoms with Crippen molar-refractivity contribution < 1.29 is 4.74 Å². The first-order valence-electron chi connectivity index (χ1n) is 4.64. The monoisotopic (exact) mass is 212 g/mol. The molecule has 0 atom stereocenters. The van der Waals surface area contributed by atoms with Crippen LogP contribution in [0.4, 0.5) is 0 Å². The third-order valence-electron chi connectivity index (χ3n) is 1.80. The van der Waals surface area contributed by atoms with Crippen molar-refractivity contribution in [3.8, 4) is 5.75 Å². The molecule has 3 nitrogen and oxygen atoms in total. The molecule has 1 rings (SSSR count). The fourth-order valence-corrected chi connectivity index (χ4v) is 2.00. The van der Waals surface area contributed by atoms with Crippen molar-refractivity contribution in [1.29, 1.82) is 0 Å². The summed E-state index contributed by atoms with van der Waals surface area (Å²) in [5.41, 5.74) is 6.42. The molecule has 14 heavy (non-hydrogen) atoms. The Morgan fingerprint density at radius 2 is 2.43 bits per heavy atom. The Bertz CT molecular complexity index is 268. The van der Waals surface area contributed by atoms with Crippen molar-refractivity contribution in [2.75, 3.05) is 19.4 Å². The second-order valence-corrected chi connectivity index (χ2v) is 3.95. The van der Waals surface area contributed by atoms with Crippen LogP contribution in [0.2, 0.25) is 0 Å². The van der Waals surface area contributed by atoms with Crippen molar-refractivity contribution >= 4 is 11.8 Å². The van der Waals surface area contributed by atoms with E-state index < -0.39 is 0 Å². The van der Waals surface area contributed by atoms with Crippen LogP contribution >= 0.6 is 11.8 Å². The van der Waals surface area contributed by atoms with Gasteiger partial charge in [0.05, 0.1) is 12.8 Å². The second kappa shape index (κ2) is 6.68. The van der Waals surface area contributed by atoms with Crippen LogP contribution < -0.4 is 10.5 Å². The van der Waals surface area contributed by atoms with E-state index in [1.807, 2.05) is 23.9 Å². The van der Waals surface area contributed by atoms with Gasteiger partial charge in [-0.05, 0) is 30.9 Å². The molecule has 4 heteroatoms. The lowest BCUT2D eigenvalue weighted by Crippen LogP contribution is -2.00. The van der Waals surface area contributed by atoms with Crippen molar-refractivity contribution in [1.82, 2.24) is 4.98 Å². The summed E-state index contributed by atoms with van der Waals surface area (Å²) in [5, 5.41) is 0. The maximum atomic E-state index is 5.41. The normalized spacial score (nSPS) is 10.1. The minimum atomic E-state index is 0.756. The Kier molecular flexibility index (Phi) is 5.40. The van der Waals surface area contributed by atoms with Gasteiger partial charge in [-0.2, -0.15) is 11.8 Å². The Labute approximate surface area is 89.1 Å². The van der Waals surface area contributed by atoms with E-state index in [4.69, 9.17) is 10.5 Å². The van der Waals surface area contributed by atoms with E-state index in [0.29, 0.717) is 0 Å². The molecule has 0 saturated carbocycles. The third kappa shape index (κ3) is 3.55. The van der Waals surface area contributed by atoms with E-state index in [9.17, 15) is 0 Å². The summed E-state index contributed by atoms with van der Waals surface area (Å²) < 4.78 is 5.20. The van der Waals surface area contributed by atoms with Gasteiger partial charge in [-0.3, -0.25) is 4.98 Å². The predicted molar refractivity (Wildman–Crippen MR) is 60.6 cm³/mol. The van der Waals surface area contributed by atoms with Crippen LogP contribution in [-0.2, 0) is 5.75 Å². The molecule has 0 saturated heterocycles. The number of pyridine rings is 1. The average molecular weight is 212 g/mol. The highest BCUT2D eigenvalue weighted by Gasteiger charge is 2.02. The van der Waals surface area contributed by atoms with E-state index in [2.05, 4.69) is 4.98 Å². The third-order valence-corrected chi connectivity index (χ3v) is 2.85. The highest BCUT2D eigenvalue weighted by atomic mass is 32.2. The summed E-state index contributed by atoms with van der Waals surface area (Å²) in [4.78, 5) is 4.27. The number of hydrogen-bond acceptors (Lipinski definition) is 4. The highest BCUT2D eigenvalue weighted by Crippen LogP contribution is 2.20. The van der Waals surface area contributed by atoms with Crippen LogP contribution in [0, 0.1) is 0 Å². The van der Waals surface area contributed by atoms with Gasteiger partial charge in [0.1, 0.15) is 5.75 Å². The van der Waals surface area contributed by atoms with Crippen molar-refractivity contribution in [3.63, 3.8) is 0 Å². The molecule has 0 fully saturated rings. The number of rotatable bonds is 6. The van der Waals surface area contributed by atoms with E-state index in [0.717, 1.165) is 35.9 Å². The first-order valence-corrected chi connectivity index (χ1v) is 5.79. The van der Waals surface area contributed by atoms with Crippen LogP contribution in [0.15, 0.2) is 18.3 Å². The lowest BCUT2D eigenvalue weighted by Gasteiger charge is -2.05. The molecular weight excluding hydrogens is 196 g/mol. The topological polar surface area (TPSA) is 48.1 Å². The fraction of sp³-hybridized carbons (Fsp3) is 0.500. The van der Waals surface area contributed by atoms with E-state index in [1.54, 1.807) is 13.3 Å². The molecule has 78 valence electrons. The molecule has 0 amide bonds. The number of aromatic nitrogens is 1. The van der Waals surface area contributed by atoms with Crippen LogP contribution in [0.5, 0.6) is 5.75 Å². The van der Waals surface area contributed by atoms with Crippen LogP contribution in [0.25, 0.3) is 0 Å². The van der Waals surface area contributed by atoms with Crippen LogP contribution in [0.1, 0.15) is 12.1 Å². The molecule has 0 radical (unpaired) electrons. The van der Waals surface area contributed by atoms with E-state index in [1.165, 1.54) is 0 Å². The Morgan fingerprint density at radius 1 is 1.57 bits per heavy atom. The molecule has 1 aromatic heterocycles. The van der Waals surface area contributed by atoms with Gasteiger partial charge in [0.15, 0.2) is 0 Å². The molecule has 0 aliphatic heterocycles. The first-order chi connectivity index (χ1) is 6.88. The summed E-state index contributed by atoms with van der Waals surface area (Å²) in [6, 6.07) is 3.82. The van der Waals surface area contributed by atoms with Gasteiger partial charge < -0.3 is 10.5 Å². The molecule has 0 bridgehead atoms. The van der Waals surface area contributed by atoms with Crippen molar-refractivity contribution in [3.05, 3.63) is 24.0 Å². The minimum absolute atomic E-state index is 0.756. The number of nitrogens with zero attached hydrogens (tertiary/aromatic N) is 1. The zero-order valence-corrected chi connectivity index (χ0v) is 9.22. The van der Waals surface area contributed by atoms with Gasteiger partial charge in [-0.15, -0.1) is 0 Å². The van der Waals surface area contributed by atoms with E-state index in [-0.39, 0.29) is 0 Å². The summed E-state index contributed by atoms with van der Waals surface area (Å²) in [6.45, 7) is 0.756. The van der Waals surface area contributed by atoms with Gasteiger partial charge in [0.2, 0.25) is 0 Å². The maximum absolute atomic E-state index is 5.41. The molecular formula is C10H16N2OS. The fourth-order valence-electron chi connectivity index (χ4n) is 1.07. The molecule has 0 unspecified atom stereocenters. The summed E-state index contributed by atoms with van der Waals surface area (Å²) in [7, 11) is 1.67. The quantitative estimate of drug-likeness (QED) is 0.729. The number of hydrogen-bond donors (Lipinski definition) is 1. The SMILES string of the molecule is COc1cccnc1CSCCCN. The Morgan fingerprint density at radius 3 is 3.14 bits per heavy atom. The van der Waals surface area contributed by atoms with Gasteiger partial charge in [-0.1, -0.05) is 0 Å². The van der Waals surface area contributed by atoms with Crippen molar-refractivity contribution in [2.24, 2.45) is 5.73 Å². The Hall–Kier alpha value is -0.740. The van der Waals surface area contributed by atoms with Gasteiger partial charge in [0, 0.05) is 11.9 Å². The smallest absolute Gasteiger partial charge is 0.141 e. The van der Waals surface area contributed by atoms with Gasteiger partial charge >= 0.3 is 0 Å². The molecule has 0 aromatic carbocycles. The molecule has 2 N–H and O–H groups in total. The summed E-state index contributed by atoms with van der Waals surface area (Å²) >= 11 is 1.84. The molecule has 0 aliphatic carbocycles. The largest absolute Gasteiger partial charge is 0.495 e. The highest BCUT2D eigenvalue weighted by molar-refractivity contribution is 7.98. The minimum Gasteiger partial charge on any atom is -0.495 e. The van der Waals surface area contributed by atoms with E-state index >= 15 is 0 Å². The zero-order chi connectivity index (χ0) is 10.2. The zero-order valence-electron chi connectivity index (χ0n) is 8.40. The molecule has 0 spiro atoms. The number of thioether (sulfide) groups is 1.